The lowest BCUT2D eigenvalue weighted by Gasteiger charge is -2.37. The molecule has 1 aliphatic rings. The number of rotatable bonds is 2. The van der Waals surface area contributed by atoms with Crippen LogP contribution in [-0.4, -0.2) is 41.6 Å². The molecule has 0 bridgehead atoms. The number of carbonyl (C=O) groups excluding carboxylic acids is 1. The van der Waals surface area contributed by atoms with E-state index in [9.17, 15) is 9.18 Å². The lowest BCUT2D eigenvalue weighted by Crippen LogP contribution is -2.46. The first kappa shape index (κ1) is 13.0. The van der Waals surface area contributed by atoms with Crippen LogP contribution in [0.1, 0.15) is 30.1 Å². The van der Waals surface area contributed by atoms with Crippen molar-refractivity contribution in [1.82, 2.24) is 9.88 Å². The zero-order valence-electron chi connectivity index (χ0n) is 10.6. The second kappa shape index (κ2) is 5.44. The minimum Gasteiger partial charge on any atom is -0.381 e. The van der Waals surface area contributed by atoms with Gasteiger partial charge in [0, 0.05) is 37.5 Å². The van der Waals surface area contributed by atoms with Crippen LogP contribution in [-0.2, 0) is 4.74 Å². The molecule has 0 spiro atoms. The molecule has 1 amide bonds. The van der Waals surface area contributed by atoms with Gasteiger partial charge in [-0.05, 0) is 25.8 Å². The van der Waals surface area contributed by atoms with E-state index in [1.165, 1.54) is 12.3 Å². The van der Waals surface area contributed by atoms with Crippen molar-refractivity contribution in [3.8, 4) is 0 Å². The van der Waals surface area contributed by atoms with E-state index in [1.807, 2.05) is 6.92 Å². The number of halogens is 1. The third-order valence-electron chi connectivity index (χ3n) is 3.40. The molecule has 1 aromatic rings. The van der Waals surface area contributed by atoms with Crippen molar-refractivity contribution in [2.75, 3.05) is 13.7 Å². The number of carbonyl (C=O) groups is 1. The van der Waals surface area contributed by atoms with Crippen molar-refractivity contribution >= 4 is 5.91 Å². The molecule has 2 unspecified atom stereocenters. The number of hydrogen-bond donors (Lipinski definition) is 0. The predicted molar refractivity (Wildman–Crippen MR) is 64.7 cm³/mol. The number of nitrogens with zero attached hydrogens (tertiary/aromatic N) is 2. The number of methoxy groups -OCH3 is 1. The second-order valence-corrected chi connectivity index (χ2v) is 4.60. The van der Waals surface area contributed by atoms with Crippen LogP contribution in [0.2, 0.25) is 0 Å². The number of likely N-dealkylation sites (tertiary alicyclic amines) is 1. The molecule has 18 heavy (non-hydrogen) atoms. The summed E-state index contributed by atoms with van der Waals surface area (Å²) in [5.74, 6) is -0.765. The van der Waals surface area contributed by atoms with Crippen molar-refractivity contribution in [1.29, 1.82) is 0 Å². The Morgan fingerprint density at radius 2 is 2.39 bits per heavy atom. The molecule has 1 aromatic heterocycles. The molecular weight excluding hydrogens is 235 g/mol. The van der Waals surface area contributed by atoms with Crippen LogP contribution in [0.4, 0.5) is 4.39 Å². The average Bonchev–Trinajstić information content (AvgIpc) is 2.37. The quantitative estimate of drug-likeness (QED) is 0.754. The van der Waals surface area contributed by atoms with Gasteiger partial charge in [-0.2, -0.15) is 4.39 Å². The van der Waals surface area contributed by atoms with Crippen LogP contribution < -0.4 is 0 Å². The van der Waals surface area contributed by atoms with E-state index in [0.29, 0.717) is 12.1 Å². The maximum atomic E-state index is 13.0. The summed E-state index contributed by atoms with van der Waals surface area (Å²) in [6.07, 6.45) is 3.16. The Labute approximate surface area is 106 Å². The van der Waals surface area contributed by atoms with E-state index in [2.05, 4.69) is 4.98 Å². The van der Waals surface area contributed by atoms with Crippen molar-refractivity contribution in [3.05, 3.63) is 29.8 Å². The molecule has 0 aliphatic carbocycles. The zero-order chi connectivity index (χ0) is 13.1. The first-order valence-electron chi connectivity index (χ1n) is 6.07. The molecular formula is C13H17FN2O2. The number of amides is 1. The topological polar surface area (TPSA) is 42.4 Å². The minimum absolute atomic E-state index is 0.104. The molecule has 4 nitrogen and oxygen atoms in total. The number of aromatic nitrogens is 1. The minimum atomic E-state index is -0.625. The van der Waals surface area contributed by atoms with E-state index in [-0.39, 0.29) is 18.1 Å². The van der Waals surface area contributed by atoms with Crippen LogP contribution in [0.5, 0.6) is 0 Å². The highest BCUT2D eigenvalue weighted by atomic mass is 19.1. The molecule has 5 heteroatoms. The van der Waals surface area contributed by atoms with Crippen LogP contribution in [0, 0.1) is 5.95 Å². The highest BCUT2D eigenvalue weighted by molar-refractivity contribution is 5.94. The van der Waals surface area contributed by atoms with Gasteiger partial charge < -0.3 is 9.64 Å². The standard InChI is InChI=1S/C13H17FN2O2/c1-9-7-11(18-2)4-6-16(9)13(17)10-3-5-15-12(14)8-10/h3,5,8-9,11H,4,6-7H2,1-2H3. The molecule has 2 rings (SSSR count). The third kappa shape index (κ3) is 2.67. The summed E-state index contributed by atoms with van der Waals surface area (Å²) in [6.45, 7) is 2.63. The summed E-state index contributed by atoms with van der Waals surface area (Å²) in [4.78, 5) is 17.5. The molecule has 2 heterocycles. The summed E-state index contributed by atoms with van der Waals surface area (Å²) in [5.41, 5.74) is 0.352. The number of ether oxygens (including phenoxy) is 1. The fourth-order valence-corrected chi connectivity index (χ4v) is 2.35. The van der Waals surface area contributed by atoms with Gasteiger partial charge in [0.25, 0.3) is 5.91 Å². The van der Waals surface area contributed by atoms with Gasteiger partial charge in [0.1, 0.15) is 0 Å². The predicted octanol–water partition coefficient (Wildman–Crippen LogP) is 1.86. The smallest absolute Gasteiger partial charge is 0.254 e. The lowest BCUT2D eigenvalue weighted by atomic mass is 9.99. The maximum Gasteiger partial charge on any atom is 0.254 e. The zero-order valence-corrected chi connectivity index (χ0v) is 10.6. The Balaban J connectivity index is 2.10. The SMILES string of the molecule is COC1CCN(C(=O)c2ccnc(F)c2)C(C)C1. The van der Waals surface area contributed by atoms with Gasteiger partial charge in [-0.3, -0.25) is 4.79 Å². The van der Waals surface area contributed by atoms with E-state index >= 15 is 0 Å². The normalized spacial score (nSPS) is 24.1. The fraction of sp³-hybridized carbons (Fsp3) is 0.538. The van der Waals surface area contributed by atoms with E-state index in [1.54, 1.807) is 18.1 Å². The summed E-state index contributed by atoms with van der Waals surface area (Å²) < 4.78 is 18.3. The summed E-state index contributed by atoms with van der Waals surface area (Å²) in [6, 6.07) is 2.82. The molecule has 0 aromatic carbocycles. The fourth-order valence-electron chi connectivity index (χ4n) is 2.35. The average molecular weight is 252 g/mol. The van der Waals surface area contributed by atoms with Crippen molar-refractivity contribution in [2.24, 2.45) is 0 Å². The van der Waals surface area contributed by atoms with Gasteiger partial charge in [0.05, 0.1) is 6.10 Å². The molecule has 0 N–H and O–H groups in total. The Hall–Kier alpha value is -1.49. The number of piperidine rings is 1. The van der Waals surface area contributed by atoms with Gasteiger partial charge in [-0.25, -0.2) is 4.98 Å². The van der Waals surface area contributed by atoms with Gasteiger partial charge >= 0.3 is 0 Å². The van der Waals surface area contributed by atoms with Gasteiger partial charge in [0.2, 0.25) is 5.95 Å². The molecule has 0 saturated carbocycles. The third-order valence-corrected chi connectivity index (χ3v) is 3.40. The van der Waals surface area contributed by atoms with Crippen LogP contribution in [0.15, 0.2) is 18.3 Å². The first-order valence-corrected chi connectivity index (χ1v) is 6.07. The van der Waals surface area contributed by atoms with Crippen LogP contribution >= 0.6 is 0 Å². The molecule has 1 saturated heterocycles. The Morgan fingerprint density at radius 3 is 3.00 bits per heavy atom. The van der Waals surface area contributed by atoms with Gasteiger partial charge in [-0.15, -0.1) is 0 Å². The van der Waals surface area contributed by atoms with Crippen LogP contribution in [0.25, 0.3) is 0 Å². The summed E-state index contributed by atoms with van der Waals surface area (Å²) in [5, 5.41) is 0. The number of hydrogen-bond acceptors (Lipinski definition) is 3. The van der Waals surface area contributed by atoms with E-state index < -0.39 is 5.95 Å². The highest BCUT2D eigenvalue weighted by Crippen LogP contribution is 2.21. The van der Waals surface area contributed by atoms with E-state index in [0.717, 1.165) is 12.8 Å². The Kier molecular flexibility index (Phi) is 3.91. The second-order valence-electron chi connectivity index (χ2n) is 4.60. The molecule has 1 aliphatic heterocycles. The first-order chi connectivity index (χ1) is 8.61. The lowest BCUT2D eigenvalue weighted by molar-refractivity contribution is 0.0159. The largest absolute Gasteiger partial charge is 0.381 e. The highest BCUT2D eigenvalue weighted by Gasteiger charge is 2.29. The summed E-state index contributed by atoms with van der Waals surface area (Å²) in [7, 11) is 1.69. The maximum absolute atomic E-state index is 13.0. The van der Waals surface area contributed by atoms with Crippen molar-refractivity contribution < 1.29 is 13.9 Å². The Morgan fingerprint density at radius 1 is 1.61 bits per heavy atom. The van der Waals surface area contributed by atoms with Crippen molar-refractivity contribution in [3.63, 3.8) is 0 Å². The summed E-state index contributed by atoms with van der Waals surface area (Å²) >= 11 is 0. The monoisotopic (exact) mass is 252 g/mol. The van der Waals surface area contributed by atoms with E-state index in [4.69, 9.17) is 4.74 Å². The molecule has 2 atom stereocenters. The van der Waals surface area contributed by atoms with Gasteiger partial charge in [0.15, 0.2) is 0 Å². The van der Waals surface area contributed by atoms with Crippen molar-refractivity contribution in [2.45, 2.75) is 31.9 Å². The molecule has 98 valence electrons. The van der Waals surface area contributed by atoms with Crippen LogP contribution in [0.3, 0.4) is 0 Å². The molecule has 0 radical (unpaired) electrons. The Bertz CT molecular complexity index is 439. The van der Waals surface area contributed by atoms with Gasteiger partial charge in [-0.1, -0.05) is 0 Å². The number of pyridine rings is 1. The molecule has 1 fully saturated rings.